The molecule has 1 rings (SSSR count). The van der Waals surface area contributed by atoms with Crippen LogP contribution in [0.2, 0.25) is 0 Å². The van der Waals surface area contributed by atoms with Crippen LogP contribution in [0.15, 0.2) is 6.20 Å². The molecule has 0 bridgehead atoms. The molecule has 0 aromatic carbocycles. The Morgan fingerprint density at radius 2 is 2.56 bits per heavy atom. The van der Waals surface area contributed by atoms with Crippen LogP contribution in [0.25, 0.3) is 0 Å². The van der Waals surface area contributed by atoms with Gasteiger partial charge in [0, 0.05) is 12.6 Å². The van der Waals surface area contributed by atoms with Crippen LogP contribution in [-0.2, 0) is 13.7 Å². The summed E-state index contributed by atoms with van der Waals surface area (Å²) in [6, 6.07) is 0. The molecule has 9 heavy (non-hydrogen) atoms. The Balaban J connectivity index is 3.04. The van der Waals surface area contributed by atoms with Crippen molar-refractivity contribution in [3.63, 3.8) is 0 Å². The number of hydrogen-bond donors (Lipinski definition) is 1. The fourth-order valence-electron chi connectivity index (χ4n) is 0.699. The Morgan fingerprint density at radius 1 is 1.89 bits per heavy atom. The van der Waals surface area contributed by atoms with Gasteiger partial charge in [-0.25, -0.2) is 0 Å². The zero-order valence-corrected chi connectivity index (χ0v) is 5.63. The maximum absolute atomic E-state index is 8.68. The summed E-state index contributed by atoms with van der Waals surface area (Å²) < 4.78 is 1.74. The van der Waals surface area contributed by atoms with Crippen LogP contribution < -0.4 is 5.59 Å². The van der Waals surface area contributed by atoms with Crippen molar-refractivity contribution >= 4 is 13.4 Å². The van der Waals surface area contributed by atoms with Crippen molar-refractivity contribution in [3.05, 3.63) is 11.8 Å². The highest BCUT2D eigenvalue weighted by atomic mass is 16.3. The monoisotopic (exact) mass is 124 g/mol. The fraction of sp³-hybridized carbons (Fsp3) is 0.400. The minimum atomic E-state index is 0.0830. The second-order valence-corrected chi connectivity index (χ2v) is 2.04. The van der Waals surface area contributed by atoms with Crippen LogP contribution in [0.4, 0.5) is 0 Å². The minimum Gasteiger partial charge on any atom is -0.392 e. The van der Waals surface area contributed by atoms with Gasteiger partial charge in [-0.1, -0.05) is 0 Å². The lowest BCUT2D eigenvalue weighted by molar-refractivity contribution is 0.283. The van der Waals surface area contributed by atoms with Crippen molar-refractivity contribution in [2.75, 3.05) is 0 Å². The van der Waals surface area contributed by atoms with E-state index in [-0.39, 0.29) is 6.61 Å². The van der Waals surface area contributed by atoms with Crippen molar-refractivity contribution in [2.24, 2.45) is 7.05 Å². The zero-order valence-electron chi connectivity index (χ0n) is 5.63. The lowest BCUT2D eigenvalue weighted by Crippen LogP contribution is -2.17. The Hall–Kier alpha value is -0.765. The molecule has 0 unspecified atom stereocenters. The summed E-state index contributed by atoms with van der Waals surface area (Å²) in [6.45, 7) is 0.0830. The second kappa shape index (κ2) is 2.23. The average Bonchev–Trinajstić information content (AvgIpc) is 2.15. The average molecular weight is 124 g/mol. The van der Waals surface area contributed by atoms with E-state index < -0.39 is 0 Å². The topological polar surface area (TPSA) is 38.1 Å². The Morgan fingerprint density at radius 3 is 2.78 bits per heavy atom. The number of rotatable bonds is 1. The molecule has 0 radical (unpaired) electrons. The first kappa shape index (κ1) is 6.36. The highest BCUT2D eigenvalue weighted by molar-refractivity contribution is 6.31. The van der Waals surface area contributed by atoms with Gasteiger partial charge in [0.1, 0.15) is 0 Å². The van der Waals surface area contributed by atoms with Crippen LogP contribution in [-0.4, -0.2) is 22.7 Å². The summed E-state index contributed by atoms with van der Waals surface area (Å²) >= 11 is 0. The third-order valence-electron chi connectivity index (χ3n) is 1.51. The summed E-state index contributed by atoms with van der Waals surface area (Å²) in [7, 11) is 3.78. The lowest BCUT2D eigenvalue weighted by atomic mass is 10.0. The first-order chi connectivity index (χ1) is 4.25. The molecule has 0 saturated carbocycles. The van der Waals surface area contributed by atoms with Crippen molar-refractivity contribution in [1.29, 1.82) is 0 Å². The van der Waals surface area contributed by atoms with Crippen LogP contribution in [0.3, 0.4) is 0 Å². The molecule has 0 spiro atoms. The Kier molecular flexibility index (Phi) is 1.57. The molecule has 0 atom stereocenters. The summed E-state index contributed by atoms with van der Waals surface area (Å²) in [5.74, 6) is 0. The molecular weight excluding hydrogens is 115 g/mol. The molecule has 1 N–H and O–H groups in total. The number of aliphatic hydroxyl groups is 1. The predicted octanol–water partition coefficient (Wildman–Crippen LogP) is -1.83. The molecule has 0 saturated heterocycles. The Bertz CT molecular complexity index is 209. The van der Waals surface area contributed by atoms with Gasteiger partial charge in [0.25, 0.3) is 0 Å². The highest BCUT2D eigenvalue weighted by Crippen LogP contribution is 1.88. The number of nitrogens with zero attached hydrogens (tertiary/aromatic N) is 2. The van der Waals surface area contributed by atoms with E-state index in [9.17, 15) is 0 Å². The zero-order chi connectivity index (χ0) is 6.85. The molecule has 0 amide bonds. The molecule has 3 nitrogen and oxygen atoms in total. The van der Waals surface area contributed by atoms with Gasteiger partial charge in [0.2, 0.25) is 0 Å². The lowest BCUT2D eigenvalue weighted by Gasteiger charge is -1.93. The first-order valence-electron chi connectivity index (χ1n) is 2.84. The van der Waals surface area contributed by atoms with Gasteiger partial charge >= 0.3 is 0 Å². The van der Waals surface area contributed by atoms with E-state index in [4.69, 9.17) is 5.11 Å². The van der Waals surface area contributed by atoms with Gasteiger partial charge in [0.05, 0.1) is 12.8 Å². The number of aromatic nitrogens is 2. The van der Waals surface area contributed by atoms with Crippen LogP contribution in [0.1, 0.15) is 5.56 Å². The highest BCUT2D eigenvalue weighted by Gasteiger charge is 1.98. The van der Waals surface area contributed by atoms with Crippen molar-refractivity contribution < 1.29 is 5.11 Å². The number of aryl methyl sites for hydroxylation is 1. The molecule has 0 aliphatic carbocycles. The van der Waals surface area contributed by atoms with E-state index in [0.717, 1.165) is 11.2 Å². The van der Waals surface area contributed by atoms with E-state index in [1.54, 1.807) is 10.9 Å². The van der Waals surface area contributed by atoms with Crippen molar-refractivity contribution in [3.8, 4) is 0 Å². The quantitative estimate of drug-likeness (QED) is 0.447. The molecule has 4 heteroatoms. The van der Waals surface area contributed by atoms with Crippen molar-refractivity contribution in [2.45, 2.75) is 6.61 Å². The largest absolute Gasteiger partial charge is 0.392 e. The standard InChI is InChI=1S/C5H9BN2O/c1-8-5(6)4(3-9)2-7-8/h2,9H,3,6H2,1H3. The normalized spacial score (nSPS) is 10.0. The summed E-state index contributed by atoms with van der Waals surface area (Å²) in [5.41, 5.74) is 1.93. The SMILES string of the molecule is Bc1c(CO)cnn1C. The molecular formula is C5H9BN2O. The third-order valence-corrected chi connectivity index (χ3v) is 1.51. The van der Waals surface area contributed by atoms with Gasteiger partial charge in [-0.3, -0.25) is 4.68 Å². The summed E-state index contributed by atoms with van der Waals surface area (Å²) in [5, 5.41) is 12.6. The molecule has 1 aromatic rings. The molecule has 1 heterocycles. The molecule has 0 aliphatic heterocycles. The summed E-state index contributed by atoms with van der Waals surface area (Å²) in [4.78, 5) is 0. The fourth-order valence-corrected chi connectivity index (χ4v) is 0.699. The maximum Gasteiger partial charge on any atom is 0.163 e. The molecule has 0 fully saturated rings. The van der Waals surface area contributed by atoms with E-state index in [2.05, 4.69) is 5.10 Å². The van der Waals surface area contributed by atoms with Gasteiger partial charge in [-0.15, -0.1) is 0 Å². The van der Waals surface area contributed by atoms with Crippen LogP contribution in [0.5, 0.6) is 0 Å². The van der Waals surface area contributed by atoms with Crippen LogP contribution in [0, 0.1) is 0 Å². The smallest absolute Gasteiger partial charge is 0.163 e. The Labute approximate surface area is 54.7 Å². The predicted molar refractivity (Wildman–Crippen MR) is 37.3 cm³/mol. The summed E-state index contributed by atoms with van der Waals surface area (Å²) in [6.07, 6.45) is 1.68. The van der Waals surface area contributed by atoms with E-state index >= 15 is 0 Å². The minimum absolute atomic E-state index is 0.0830. The van der Waals surface area contributed by atoms with Crippen LogP contribution >= 0.6 is 0 Å². The van der Waals surface area contributed by atoms with E-state index in [1.807, 2.05) is 14.9 Å². The second-order valence-electron chi connectivity index (χ2n) is 2.04. The van der Waals surface area contributed by atoms with Gasteiger partial charge < -0.3 is 5.11 Å². The molecule has 48 valence electrons. The van der Waals surface area contributed by atoms with E-state index in [0.29, 0.717) is 0 Å². The first-order valence-corrected chi connectivity index (χ1v) is 2.84. The van der Waals surface area contributed by atoms with Gasteiger partial charge in [-0.2, -0.15) is 5.10 Å². The number of aliphatic hydroxyl groups excluding tert-OH is 1. The molecule has 1 aromatic heterocycles. The maximum atomic E-state index is 8.68. The van der Waals surface area contributed by atoms with Gasteiger partial charge in [-0.05, 0) is 5.59 Å². The third kappa shape index (κ3) is 0.978. The van der Waals surface area contributed by atoms with E-state index in [1.165, 1.54) is 0 Å². The van der Waals surface area contributed by atoms with Gasteiger partial charge in [0.15, 0.2) is 7.85 Å². The molecule has 0 aliphatic rings. The van der Waals surface area contributed by atoms with Crippen molar-refractivity contribution in [1.82, 2.24) is 9.78 Å². The number of hydrogen-bond acceptors (Lipinski definition) is 2.